The predicted octanol–water partition coefficient (Wildman–Crippen LogP) is 3.10. The second-order valence-corrected chi connectivity index (χ2v) is 9.77. The van der Waals surface area contributed by atoms with Crippen LogP contribution in [0.3, 0.4) is 0 Å². The van der Waals surface area contributed by atoms with Gasteiger partial charge in [0.2, 0.25) is 15.9 Å². The van der Waals surface area contributed by atoms with E-state index in [0.29, 0.717) is 30.3 Å². The lowest BCUT2D eigenvalue weighted by atomic mass is 10.1. The molecule has 0 spiro atoms. The fourth-order valence-corrected chi connectivity index (χ4v) is 4.57. The molecule has 1 aliphatic heterocycles. The van der Waals surface area contributed by atoms with Crippen molar-refractivity contribution >= 4 is 27.3 Å². The van der Waals surface area contributed by atoms with Gasteiger partial charge in [-0.2, -0.15) is 0 Å². The van der Waals surface area contributed by atoms with E-state index < -0.39 is 14.9 Å². The monoisotopic (exact) mass is 477 g/mol. The Kier molecular flexibility index (Phi) is 7.42. The largest absolute Gasteiger partial charge is 0.486 e. The number of rotatable bonds is 9. The number of aryl methyl sites for hydroxylation is 1. The Balaban J connectivity index is 1.62. The fourth-order valence-electron chi connectivity index (χ4n) is 3.55. The van der Waals surface area contributed by atoms with Crippen LogP contribution in [0, 0.1) is 17.0 Å². The first-order chi connectivity index (χ1) is 15.6. The number of nitrogens with zero attached hydrogens (tertiary/aromatic N) is 2. The minimum atomic E-state index is -3.70. The molecule has 0 aromatic heterocycles. The molecule has 2 aromatic carbocycles. The van der Waals surface area contributed by atoms with Crippen LogP contribution in [-0.4, -0.2) is 45.3 Å². The van der Waals surface area contributed by atoms with Crippen molar-refractivity contribution in [3.8, 4) is 11.5 Å². The van der Waals surface area contributed by atoms with E-state index in [0.717, 1.165) is 16.1 Å². The molecule has 0 bridgehead atoms. The van der Waals surface area contributed by atoms with Crippen molar-refractivity contribution in [2.75, 3.05) is 30.3 Å². The van der Waals surface area contributed by atoms with Crippen LogP contribution in [0.25, 0.3) is 0 Å². The molecule has 0 saturated heterocycles. The Morgan fingerprint density at radius 1 is 1.18 bits per heavy atom. The van der Waals surface area contributed by atoms with Gasteiger partial charge in [0, 0.05) is 25.1 Å². The zero-order chi connectivity index (χ0) is 24.2. The van der Waals surface area contributed by atoms with Gasteiger partial charge in [-0.1, -0.05) is 12.1 Å². The number of nitro benzene ring substituents is 1. The number of carbonyl (C=O) groups excluding carboxylic acids is 1. The van der Waals surface area contributed by atoms with Gasteiger partial charge in [0.15, 0.2) is 11.5 Å². The molecule has 1 atom stereocenters. The number of hydrogen-bond acceptors (Lipinski definition) is 7. The Bertz CT molecular complexity index is 1150. The number of benzene rings is 2. The molecule has 1 heterocycles. The predicted molar refractivity (Wildman–Crippen MR) is 123 cm³/mol. The van der Waals surface area contributed by atoms with E-state index in [2.05, 4.69) is 5.32 Å². The fraction of sp³-hybridized carbons (Fsp3) is 0.409. The van der Waals surface area contributed by atoms with Crippen molar-refractivity contribution < 1.29 is 27.6 Å². The molecule has 178 valence electrons. The number of amides is 1. The molecule has 10 nitrogen and oxygen atoms in total. The quantitative estimate of drug-likeness (QED) is 0.434. The highest BCUT2D eigenvalue weighted by Crippen LogP contribution is 2.32. The topological polar surface area (TPSA) is 128 Å². The Labute approximate surface area is 192 Å². The van der Waals surface area contributed by atoms with Gasteiger partial charge >= 0.3 is 0 Å². The molecule has 1 N–H and O–H groups in total. The molecule has 1 aliphatic rings. The van der Waals surface area contributed by atoms with Crippen molar-refractivity contribution in [3.05, 3.63) is 57.6 Å². The number of carbonyl (C=O) groups is 1. The second-order valence-electron chi connectivity index (χ2n) is 7.86. The van der Waals surface area contributed by atoms with E-state index in [4.69, 9.17) is 9.47 Å². The van der Waals surface area contributed by atoms with E-state index in [-0.39, 0.29) is 42.7 Å². The van der Waals surface area contributed by atoms with Crippen LogP contribution in [0.2, 0.25) is 0 Å². The molecule has 3 rings (SSSR count). The van der Waals surface area contributed by atoms with E-state index in [1.54, 1.807) is 13.0 Å². The third-order valence-electron chi connectivity index (χ3n) is 5.28. The van der Waals surface area contributed by atoms with E-state index >= 15 is 0 Å². The van der Waals surface area contributed by atoms with Crippen LogP contribution >= 0.6 is 0 Å². The number of sulfonamides is 1. The highest BCUT2D eigenvalue weighted by Gasteiger charge is 2.22. The standard InChI is InChI=1S/C22H27N3O7S/c1-15-6-8-18(25(27)28)14-19(15)24(33(3,29)30)10-4-5-22(26)23-16(2)17-7-9-20-21(13-17)32-12-11-31-20/h6-9,13-14,16H,4-5,10-12H2,1-3H3,(H,23,26)/t16-/m1/s1. The van der Waals surface area contributed by atoms with Crippen molar-refractivity contribution in [2.45, 2.75) is 32.7 Å². The molecule has 33 heavy (non-hydrogen) atoms. The summed E-state index contributed by atoms with van der Waals surface area (Å²) in [5.74, 6) is 1.07. The third-order valence-corrected chi connectivity index (χ3v) is 6.46. The number of nitrogens with one attached hydrogen (secondary N) is 1. The van der Waals surface area contributed by atoms with Crippen LogP contribution in [0.5, 0.6) is 11.5 Å². The van der Waals surface area contributed by atoms with Gasteiger partial charge in [-0.3, -0.25) is 19.2 Å². The molecular weight excluding hydrogens is 450 g/mol. The van der Waals surface area contributed by atoms with Crippen molar-refractivity contribution in [1.82, 2.24) is 5.32 Å². The number of hydrogen-bond donors (Lipinski definition) is 1. The summed E-state index contributed by atoms with van der Waals surface area (Å²) in [4.78, 5) is 23.0. The third kappa shape index (κ3) is 6.13. The Morgan fingerprint density at radius 2 is 1.88 bits per heavy atom. The smallest absolute Gasteiger partial charge is 0.271 e. The van der Waals surface area contributed by atoms with E-state index in [1.807, 2.05) is 19.1 Å². The molecule has 1 amide bonds. The van der Waals surface area contributed by atoms with Gasteiger partial charge in [-0.05, 0) is 43.5 Å². The molecule has 0 radical (unpaired) electrons. The van der Waals surface area contributed by atoms with Gasteiger partial charge in [-0.15, -0.1) is 0 Å². The summed E-state index contributed by atoms with van der Waals surface area (Å²) < 4.78 is 36.9. The number of anilines is 1. The molecule has 0 unspecified atom stereocenters. The summed E-state index contributed by atoms with van der Waals surface area (Å²) >= 11 is 0. The van der Waals surface area contributed by atoms with Gasteiger partial charge in [0.05, 0.1) is 22.9 Å². The number of ether oxygens (including phenoxy) is 2. The van der Waals surface area contributed by atoms with Crippen LogP contribution in [0.4, 0.5) is 11.4 Å². The first-order valence-electron chi connectivity index (χ1n) is 10.5. The second kappa shape index (κ2) is 10.1. The Hall–Kier alpha value is -3.34. The molecule has 0 fully saturated rings. The van der Waals surface area contributed by atoms with Crippen LogP contribution in [0.15, 0.2) is 36.4 Å². The maximum absolute atomic E-state index is 12.5. The highest BCUT2D eigenvalue weighted by atomic mass is 32.2. The number of fused-ring (bicyclic) bond motifs is 1. The van der Waals surface area contributed by atoms with Crippen LogP contribution in [-0.2, 0) is 14.8 Å². The first-order valence-corrected chi connectivity index (χ1v) is 12.3. The Morgan fingerprint density at radius 3 is 2.55 bits per heavy atom. The lowest BCUT2D eigenvalue weighted by Gasteiger charge is -2.24. The lowest BCUT2D eigenvalue weighted by molar-refractivity contribution is -0.384. The van der Waals surface area contributed by atoms with E-state index in [9.17, 15) is 23.3 Å². The molecule has 0 saturated carbocycles. The van der Waals surface area contributed by atoms with Gasteiger partial charge in [0.1, 0.15) is 13.2 Å². The van der Waals surface area contributed by atoms with Crippen molar-refractivity contribution in [3.63, 3.8) is 0 Å². The van der Waals surface area contributed by atoms with Crippen molar-refractivity contribution in [1.29, 1.82) is 0 Å². The van der Waals surface area contributed by atoms with Crippen molar-refractivity contribution in [2.24, 2.45) is 0 Å². The summed E-state index contributed by atoms with van der Waals surface area (Å²) in [6, 6.07) is 9.28. The zero-order valence-corrected chi connectivity index (χ0v) is 19.6. The summed E-state index contributed by atoms with van der Waals surface area (Å²) in [5, 5.41) is 14.0. The average Bonchev–Trinajstić information content (AvgIpc) is 2.76. The van der Waals surface area contributed by atoms with Gasteiger partial charge in [0.25, 0.3) is 5.69 Å². The SMILES string of the molecule is Cc1ccc([N+](=O)[O-])cc1N(CCCC(=O)N[C@H](C)c1ccc2c(c1)OCCO2)S(C)(=O)=O. The summed E-state index contributed by atoms with van der Waals surface area (Å²) in [6.07, 6.45) is 1.37. The number of nitro groups is 1. The average molecular weight is 478 g/mol. The first kappa shape index (κ1) is 24.3. The normalized spacial score (nSPS) is 13.8. The minimum Gasteiger partial charge on any atom is -0.486 e. The van der Waals surface area contributed by atoms with Crippen LogP contribution in [0.1, 0.15) is 36.9 Å². The summed E-state index contributed by atoms with van der Waals surface area (Å²) in [6.45, 7) is 4.52. The molecule has 2 aromatic rings. The zero-order valence-electron chi connectivity index (χ0n) is 18.7. The maximum Gasteiger partial charge on any atom is 0.271 e. The molecular formula is C22H27N3O7S. The summed E-state index contributed by atoms with van der Waals surface area (Å²) in [5.41, 5.74) is 1.48. The van der Waals surface area contributed by atoms with E-state index in [1.165, 1.54) is 18.2 Å². The van der Waals surface area contributed by atoms with Gasteiger partial charge < -0.3 is 14.8 Å². The van der Waals surface area contributed by atoms with Crippen LogP contribution < -0.4 is 19.1 Å². The van der Waals surface area contributed by atoms with Gasteiger partial charge in [-0.25, -0.2) is 8.42 Å². The minimum absolute atomic E-state index is 0.0205. The molecule has 11 heteroatoms. The molecule has 0 aliphatic carbocycles. The number of non-ortho nitro benzene ring substituents is 1. The summed E-state index contributed by atoms with van der Waals surface area (Å²) in [7, 11) is -3.70. The highest BCUT2D eigenvalue weighted by molar-refractivity contribution is 7.92. The lowest BCUT2D eigenvalue weighted by Crippen LogP contribution is -2.33. The maximum atomic E-state index is 12.5.